The maximum Gasteiger partial charge on any atom is 0.238 e. The number of aryl methyl sites for hydroxylation is 1. The van der Waals surface area contributed by atoms with Gasteiger partial charge in [0.1, 0.15) is 5.75 Å². The van der Waals surface area contributed by atoms with Crippen LogP contribution in [0.1, 0.15) is 43.7 Å². The van der Waals surface area contributed by atoms with Crippen molar-refractivity contribution < 1.29 is 13.2 Å². The van der Waals surface area contributed by atoms with Crippen LogP contribution in [0.4, 0.5) is 0 Å². The third-order valence-electron chi connectivity index (χ3n) is 4.27. The maximum atomic E-state index is 12.4. The van der Waals surface area contributed by atoms with Gasteiger partial charge in [0.2, 0.25) is 5.91 Å². The Balaban J connectivity index is 2.01. The molecule has 5 heteroatoms. The standard InChI is InChI=1S/C17H25NO3S/c1-3-16-6-4-5-11-18(16)17(19)13-22(20,21)12-15-9-7-14(2)8-10-15/h7-10,16H,3-6,11-13H2,1-2H3. The van der Waals surface area contributed by atoms with E-state index in [-0.39, 0.29) is 23.5 Å². The summed E-state index contributed by atoms with van der Waals surface area (Å²) in [5, 5.41) is 0. The van der Waals surface area contributed by atoms with Crippen molar-refractivity contribution in [2.45, 2.75) is 51.3 Å². The first kappa shape index (κ1) is 17.0. The molecule has 1 aromatic rings. The monoisotopic (exact) mass is 323 g/mol. The van der Waals surface area contributed by atoms with Crippen LogP contribution in [-0.2, 0) is 20.4 Å². The van der Waals surface area contributed by atoms with Crippen molar-refractivity contribution in [2.24, 2.45) is 0 Å². The Morgan fingerprint density at radius 2 is 1.91 bits per heavy atom. The first-order valence-corrected chi connectivity index (χ1v) is 9.79. The van der Waals surface area contributed by atoms with Crippen molar-refractivity contribution in [3.63, 3.8) is 0 Å². The van der Waals surface area contributed by atoms with Crippen molar-refractivity contribution in [1.82, 2.24) is 4.90 Å². The van der Waals surface area contributed by atoms with Gasteiger partial charge in [-0.05, 0) is 38.2 Å². The van der Waals surface area contributed by atoms with Gasteiger partial charge in [-0.3, -0.25) is 4.79 Å². The van der Waals surface area contributed by atoms with Gasteiger partial charge in [0.15, 0.2) is 9.84 Å². The maximum absolute atomic E-state index is 12.4. The van der Waals surface area contributed by atoms with Gasteiger partial charge < -0.3 is 4.90 Å². The molecule has 1 saturated heterocycles. The predicted molar refractivity (Wildman–Crippen MR) is 88.3 cm³/mol. The summed E-state index contributed by atoms with van der Waals surface area (Å²) in [6.45, 7) is 4.71. The molecular weight excluding hydrogens is 298 g/mol. The van der Waals surface area contributed by atoms with Gasteiger partial charge in [0.25, 0.3) is 0 Å². The number of carbonyl (C=O) groups is 1. The van der Waals surface area contributed by atoms with Crippen LogP contribution in [0.15, 0.2) is 24.3 Å². The van der Waals surface area contributed by atoms with Crippen LogP contribution in [-0.4, -0.2) is 37.6 Å². The number of rotatable bonds is 5. The van der Waals surface area contributed by atoms with E-state index in [1.165, 1.54) is 0 Å². The number of amides is 1. The average molecular weight is 323 g/mol. The lowest BCUT2D eigenvalue weighted by atomic mass is 10.0. The summed E-state index contributed by atoms with van der Waals surface area (Å²) in [5.74, 6) is -0.681. The van der Waals surface area contributed by atoms with E-state index in [0.29, 0.717) is 6.54 Å². The lowest BCUT2D eigenvalue weighted by Crippen LogP contribution is -2.45. The smallest absolute Gasteiger partial charge is 0.238 e. The SMILES string of the molecule is CCC1CCCCN1C(=O)CS(=O)(=O)Cc1ccc(C)cc1. The van der Waals surface area contributed by atoms with Gasteiger partial charge in [-0.15, -0.1) is 0 Å². The number of sulfone groups is 1. The molecule has 0 N–H and O–H groups in total. The molecule has 1 unspecified atom stereocenters. The van der Waals surface area contributed by atoms with E-state index in [9.17, 15) is 13.2 Å². The molecule has 0 radical (unpaired) electrons. The Bertz CT molecular complexity index is 607. The van der Waals surface area contributed by atoms with Crippen LogP contribution < -0.4 is 0 Å². The number of hydrogen-bond donors (Lipinski definition) is 0. The van der Waals surface area contributed by atoms with E-state index in [1.807, 2.05) is 31.2 Å². The van der Waals surface area contributed by atoms with Crippen LogP contribution in [0.5, 0.6) is 0 Å². The fourth-order valence-corrected chi connectivity index (χ4v) is 4.36. The van der Waals surface area contributed by atoms with Crippen LogP contribution in [0.3, 0.4) is 0 Å². The lowest BCUT2D eigenvalue weighted by Gasteiger charge is -2.35. The first-order chi connectivity index (χ1) is 10.4. The van der Waals surface area contributed by atoms with Gasteiger partial charge >= 0.3 is 0 Å². The minimum Gasteiger partial charge on any atom is -0.339 e. The number of likely N-dealkylation sites (tertiary alicyclic amines) is 1. The third-order valence-corrected chi connectivity index (χ3v) is 5.73. The van der Waals surface area contributed by atoms with Gasteiger partial charge in [0.05, 0.1) is 5.75 Å². The minimum absolute atomic E-state index is 0.0658. The Kier molecular flexibility index (Phi) is 5.62. The molecule has 0 aromatic heterocycles. The molecule has 1 atom stereocenters. The quantitative estimate of drug-likeness (QED) is 0.837. The summed E-state index contributed by atoms with van der Waals surface area (Å²) in [6, 6.07) is 7.62. The van der Waals surface area contributed by atoms with Crippen molar-refractivity contribution in [3.8, 4) is 0 Å². The van der Waals surface area contributed by atoms with Crippen molar-refractivity contribution in [2.75, 3.05) is 12.3 Å². The summed E-state index contributed by atoms with van der Waals surface area (Å²) in [5.41, 5.74) is 1.83. The molecule has 0 spiro atoms. The fourth-order valence-electron chi connectivity index (χ4n) is 3.01. The van der Waals surface area contributed by atoms with E-state index < -0.39 is 9.84 Å². The second kappa shape index (κ2) is 7.27. The highest BCUT2D eigenvalue weighted by Gasteiger charge is 2.28. The lowest BCUT2D eigenvalue weighted by molar-refractivity contribution is -0.132. The van der Waals surface area contributed by atoms with Crippen molar-refractivity contribution in [1.29, 1.82) is 0 Å². The third kappa shape index (κ3) is 4.57. The summed E-state index contributed by atoms with van der Waals surface area (Å²) >= 11 is 0. The molecule has 0 aliphatic carbocycles. The molecule has 1 aliphatic rings. The van der Waals surface area contributed by atoms with E-state index in [1.54, 1.807) is 4.90 Å². The summed E-state index contributed by atoms with van der Waals surface area (Å²) < 4.78 is 24.6. The molecule has 2 rings (SSSR count). The highest BCUT2D eigenvalue weighted by Crippen LogP contribution is 2.20. The molecule has 1 amide bonds. The van der Waals surface area contributed by atoms with Crippen LogP contribution in [0.25, 0.3) is 0 Å². The topological polar surface area (TPSA) is 54.5 Å². The zero-order chi connectivity index (χ0) is 16.2. The largest absolute Gasteiger partial charge is 0.339 e. The summed E-state index contributed by atoms with van der Waals surface area (Å²) in [7, 11) is -3.42. The van der Waals surface area contributed by atoms with Crippen molar-refractivity contribution in [3.05, 3.63) is 35.4 Å². The molecule has 1 heterocycles. The molecule has 122 valence electrons. The van der Waals surface area contributed by atoms with E-state index in [2.05, 4.69) is 6.92 Å². The van der Waals surface area contributed by atoms with Gasteiger partial charge in [-0.25, -0.2) is 8.42 Å². The minimum atomic E-state index is -3.42. The zero-order valence-corrected chi connectivity index (χ0v) is 14.2. The van der Waals surface area contributed by atoms with Crippen molar-refractivity contribution >= 4 is 15.7 Å². The highest BCUT2D eigenvalue weighted by atomic mass is 32.2. The Hall–Kier alpha value is -1.36. The fraction of sp³-hybridized carbons (Fsp3) is 0.588. The zero-order valence-electron chi connectivity index (χ0n) is 13.4. The van der Waals surface area contributed by atoms with E-state index >= 15 is 0 Å². The molecule has 0 bridgehead atoms. The van der Waals surface area contributed by atoms with Gasteiger partial charge in [-0.2, -0.15) is 0 Å². The average Bonchev–Trinajstić information content (AvgIpc) is 2.48. The molecule has 1 fully saturated rings. The number of nitrogens with zero attached hydrogens (tertiary/aromatic N) is 1. The Morgan fingerprint density at radius 3 is 2.55 bits per heavy atom. The second-order valence-electron chi connectivity index (χ2n) is 6.16. The normalized spacial score (nSPS) is 19.2. The van der Waals surface area contributed by atoms with E-state index in [4.69, 9.17) is 0 Å². The van der Waals surface area contributed by atoms with Gasteiger partial charge in [0, 0.05) is 12.6 Å². The molecule has 1 aromatic carbocycles. The Labute approximate surface area is 133 Å². The van der Waals surface area contributed by atoms with Gasteiger partial charge in [-0.1, -0.05) is 36.8 Å². The van der Waals surface area contributed by atoms with Crippen LogP contribution in [0, 0.1) is 6.92 Å². The predicted octanol–water partition coefficient (Wildman–Crippen LogP) is 2.70. The molecular formula is C17H25NO3S. The molecule has 22 heavy (non-hydrogen) atoms. The Morgan fingerprint density at radius 1 is 1.23 bits per heavy atom. The number of benzene rings is 1. The molecule has 0 saturated carbocycles. The first-order valence-electron chi connectivity index (χ1n) is 7.96. The van der Waals surface area contributed by atoms with Crippen LogP contribution in [0.2, 0.25) is 0 Å². The second-order valence-corrected chi connectivity index (χ2v) is 8.23. The summed E-state index contributed by atoms with van der Waals surface area (Å²) in [6.07, 6.45) is 3.97. The summed E-state index contributed by atoms with van der Waals surface area (Å²) in [4.78, 5) is 14.1. The number of hydrogen-bond acceptors (Lipinski definition) is 3. The number of carbonyl (C=O) groups excluding carboxylic acids is 1. The molecule has 4 nitrogen and oxygen atoms in total. The number of piperidine rings is 1. The molecule has 1 aliphatic heterocycles. The highest BCUT2D eigenvalue weighted by molar-refractivity contribution is 7.91. The van der Waals surface area contributed by atoms with E-state index in [0.717, 1.165) is 36.8 Å². The van der Waals surface area contributed by atoms with Crippen LogP contribution >= 0.6 is 0 Å².